The summed E-state index contributed by atoms with van der Waals surface area (Å²) in [5.41, 5.74) is 2.97. The lowest BCUT2D eigenvalue weighted by Crippen LogP contribution is -2.12. The number of pyridine rings is 1. The zero-order valence-electron chi connectivity index (χ0n) is 13.5. The maximum absolute atomic E-state index is 12.6. The molecule has 0 amide bonds. The number of aromatic nitrogens is 2. The van der Waals surface area contributed by atoms with Crippen LogP contribution in [0, 0.1) is 3.57 Å². The minimum absolute atomic E-state index is 0.232. The number of benzene rings is 2. The summed E-state index contributed by atoms with van der Waals surface area (Å²) in [6.07, 6.45) is 3.84. The van der Waals surface area contributed by atoms with Crippen LogP contribution in [0.1, 0.15) is 0 Å². The number of nitrogens with zero attached hydrogens (tertiary/aromatic N) is 2. The molecule has 0 aliphatic carbocycles. The summed E-state index contributed by atoms with van der Waals surface area (Å²) >= 11 is 2.14. The molecule has 130 valence electrons. The quantitative estimate of drug-likeness (QED) is 0.445. The molecule has 2 aromatic heterocycles. The zero-order valence-corrected chi connectivity index (χ0v) is 16.5. The number of halogens is 1. The third kappa shape index (κ3) is 3.45. The van der Waals surface area contributed by atoms with E-state index in [1.807, 2.05) is 47.1 Å². The van der Waals surface area contributed by atoms with Gasteiger partial charge >= 0.3 is 0 Å². The Morgan fingerprint density at radius 1 is 0.962 bits per heavy atom. The van der Waals surface area contributed by atoms with Gasteiger partial charge in [0.2, 0.25) is 0 Å². The van der Waals surface area contributed by atoms with E-state index in [2.05, 4.69) is 32.3 Å². The summed E-state index contributed by atoms with van der Waals surface area (Å²) < 4.78 is 30.7. The van der Waals surface area contributed by atoms with Gasteiger partial charge in [0, 0.05) is 27.2 Å². The molecule has 4 rings (SSSR count). The van der Waals surface area contributed by atoms with Gasteiger partial charge in [-0.25, -0.2) is 13.4 Å². The first kappa shape index (κ1) is 17.0. The predicted octanol–water partition coefficient (Wildman–Crippen LogP) is 4.41. The first-order chi connectivity index (χ1) is 12.5. The van der Waals surface area contributed by atoms with Crippen LogP contribution in [0.25, 0.3) is 16.9 Å². The lowest BCUT2D eigenvalue weighted by atomic mass is 10.1. The smallest absolute Gasteiger partial charge is 0.261 e. The molecule has 0 saturated carbocycles. The molecule has 0 saturated heterocycles. The van der Waals surface area contributed by atoms with Crippen molar-refractivity contribution in [3.05, 3.63) is 82.7 Å². The molecule has 0 radical (unpaired) electrons. The highest BCUT2D eigenvalue weighted by Crippen LogP contribution is 2.24. The van der Waals surface area contributed by atoms with Gasteiger partial charge in [0.05, 0.1) is 10.6 Å². The van der Waals surface area contributed by atoms with E-state index in [1.54, 1.807) is 36.4 Å². The Bertz CT molecular complexity index is 1150. The van der Waals surface area contributed by atoms with E-state index in [0.717, 1.165) is 20.5 Å². The van der Waals surface area contributed by atoms with Crippen molar-refractivity contribution in [2.24, 2.45) is 0 Å². The van der Waals surface area contributed by atoms with Crippen LogP contribution in [0.3, 0.4) is 0 Å². The second kappa shape index (κ2) is 6.73. The highest BCUT2D eigenvalue weighted by molar-refractivity contribution is 14.1. The molecule has 2 aromatic carbocycles. The van der Waals surface area contributed by atoms with Gasteiger partial charge in [-0.15, -0.1) is 0 Å². The normalized spacial score (nSPS) is 11.6. The molecule has 0 spiro atoms. The van der Waals surface area contributed by atoms with Gasteiger partial charge in [0.25, 0.3) is 10.0 Å². The van der Waals surface area contributed by atoms with E-state index in [0.29, 0.717) is 5.69 Å². The van der Waals surface area contributed by atoms with Gasteiger partial charge in [-0.05, 0) is 71.1 Å². The van der Waals surface area contributed by atoms with E-state index in [4.69, 9.17) is 0 Å². The van der Waals surface area contributed by atoms with Crippen molar-refractivity contribution < 1.29 is 8.42 Å². The fraction of sp³-hybridized carbons (Fsp3) is 0. The first-order valence-corrected chi connectivity index (χ1v) is 10.4. The number of nitrogens with one attached hydrogen (secondary N) is 1. The summed E-state index contributed by atoms with van der Waals surface area (Å²) in [6.45, 7) is 0. The minimum Gasteiger partial charge on any atom is -0.306 e. The van der Waals surface area contributed by atoms with Crippen LogP contribution in [0.5, 0.6) is 0 Å². The molecule has 0 atom stereocenters. The van der Waals surface area contributed by atoms with Crippen LogP contribution >= 0.6 is 22.6 Å². The van der Waals surface area contributed by atoms with Crippen LogP contribution in [-0.2, 0) is 10.0 Å². The molecule has 26 heavy (non-hydrogen) atoms. The van der Waals surface area contributed by atoms with Crippen molar-refractivity contribution in [1.82, 2.24) is 9.38 Å². The van der Waals surface area contributed by atoms with E-state index >= 15 is 0 Å². The maximum atomic E-state index is 12.6. The van der Waals surface area contributed by atoms with Gasteiger partial charge in [-0.1, -0.05) is 18.2 Å². The summed E-state index contributed by atoms with van der Waals surface area (Å²) in [7, 11) is -3.63. The van der Waals surface area contributed by atoms with Crippen molar-refractivity contribution in [3.63, 3.8) is 0 Å². The average Bonchev–Trinajstić information content (AvgIpc) is 3.06. The van der Waals surface area contributed by atoms with Crippen molar-refractivity contribution >= 4 is 43.9 Å². The Kier molecular flexibility index (Phi) is 4.41. The minimum atomic E-state index is -3.63. The molecule has 0 bridgehead atoms. The van der Waals surface area contributed by atoms with Gasteiger partial charge in [0.1, 0.15) is 5.65 Å². The number of imidazole rings is 1. The second-order valence-electron chi connectivity index (χ2n) is 5.73. The topological polar surface area (TPSA) is 63.5 Å². The Labute approximate surface area is 164 Å². The number of hydrogen-bond acceptors (Lipinski definition) is 3. The van der Waals surface area contributed by atoms with E-state index < -0.39 is 10.0 Å². The largest absolute Gasteiger partial charge is 0.306 e. The Morgan fingerprint density at radius 2 is 1.77 bits per heavy atom. The summed E-state index contributed by atoms with van der Waals surface area (Å²) in [4.78, 5) is 4.81. The summed E-state index contributed by atoms with van der Waals surface area (Å²) in [6, 6.07) is 19.7. The Hall–Kier alpha value is -2.39. The van der Waals surface area contributed by atoms with Crippen molar-refractivity contribution in [3.8, 4) is 11.3 Å². The fourth-order valence-corrected chi connectivity index (χ4v) is 4.05. The molecule has 0 unspecified atom stereocenters. The van der Waals surface area contributed by atoms with Crippen molar-refractivity contribution in [2.75, 3.05) is 4.72 Å². The lowest BCUT2D eigenvalue weighted by Gasteiger charge is -2.09. The van der Waals surface area contributed by atoms with E-state index in [9.17, 15) is 8.42 Å². The predicted molar refractivity (Wildman–Crippen MR) is 111 cm³/mol. The molecule has 1 N–H and O–H groups in total. The van der Waals surface area contributed by atoms with Crippen LogP contribution < -0.4 is 4.72 Å². The standard InChI is InChI=1S/C19H14IN3O2S/c20-15-7-9-17(10-8-15)26(24,25)22-16-5-3-4-14(12-16)18-13-23-11-2-1-6-19(23)21-18/h1-13,22H. The third-order valence-electron chi connectivity index (χ3n) is 3.90. The number of anilines is 1. The van der Waals surface area contributed by atoms with Gasteiger partial charge < -0.3 is 4.40 Å². The first-order valence-electron chi connectivity index (χ1n) is 7.84. The summed E-state index contributed by atoms with van der Waals surface area (Å²) in [5, 5.41) is 0. The van der Waals surface area contributed by atoms with Crippen molar-refractivity contribution in [2.45, 2.75) is 4.90 Å². The van der Waals surface area contributed by atoms with Crippen molar-refractivity contribution in [1.29, 1.82) is 0 Å². The van der Waals surface area contributed by atoms with Gasteiger partial charge in [-0.3, -0.25) is 4.72 Å². The maximum Gasteiger partial charge on any atom is 0.261 e. The molecule has 7 heteroatoms. The number of fused-ring (bicyclic) bond motifs is 1. The SMILES string of the molecule is O=S(=O)(Nc1cccc(-c2cn3ccccc3n2)c1)c1ccc(I)cc1. The van der Waals surface area contributed by atoms with Gasteiger partial charge in [-0.2, -0.15) is 0 Å². The van der Waals surface area contributed by atoms with Gasteiger partial charge in [0.15, 0.2) is 0 Å². The van der Waals surface area contributed by atoms with Crippen LogP contribution in [-0.4, -0.2) is 17.8 Å². The Balaban J connectivity index is 1.66. The number of sulfonamides is 1. The average molecular weight is 475 g/mol. The molecular weight excluding hydrogens is 461 g/mol. The van der Waals surface area contributed by atoms with E-state index in [1.165, 1.54) is 0 Å². The number of hydrogen-bond donors (Lipinski definition) is 1. The second-order valence-corrected chi connectivity index (χ2v) is 8.66. The fourth-order valence-electron chi connectivity index (χ4n) is 2.64. The molecule has 5 nitrogen and oxygen atoms in total. The molecule has 0 aliphatic heterocycles. The third-order valence-corrected chi connectivity index (χ3v) is 6.01. The monoisotopic (exact) mass is 475 g/mol. The van der Waals surface area contributed by atoms with Crippen LogP contribution in [0.2, 0.25) is 0 Å². The van der Waals surface area contributed by atoms with Crippen LogP contribution in [0.15, 0.2) is 84.0 Å². The zero-order chi connectivity index (χ0) is 18.1. The summed E-state index contributed by atoms with van der Waals surface area (Å²) in [5.74, 6) is 0. The van der Waals surface area contributed by atoms with E-state index in [-0.39, 0.29) is 4.90 Å². The van der Waals surface area contributed by atoms with Crippen LogP contribution in [0.4, 0.5) is 5.69 Å². The highest BCUT2D eigenvalue weighted by Gasteiger charge is 2.14. The molecular formula is C19H14IN3O2S. The molecule has 0 aliphatic rings. The highest BCUT2D eigenvalue weighted by atomic mass is 127. The Morgan fingerprint density at radius 3 is 2.54 bits per heavy atom. The number of rotatable bonds is 4. The molecule has 0 fully saturated rings. The molecule has 2 heterocycles. The lowest BCUT2D eigenvalue weighted by molar-refractivity contribution is 0.601. The molecule has 4 aromatic rings.